The minimum Gasteiger partial charge on any atom is -0.312 e. The first-order valence-corrected chi connectivity index (χ1v) is 16.0. The number of rotatable bonds is 6. The Bertz CT molecular complexity index is 1950. The highest BCUT2D eigenvalue weighted by atomic mass is 32.1. The number of carbonyl (C=O) groups excluding carboxylic acids is 1. The van der Waals surface area contributed by atoms with Crippen molar-refractivity contribution in [1.82, 2.24) is 34.7 Å². The number of carbonyl (C=O) groups is 1. The van der Waals surface area contributed by atoms with Crippen molar-refractivity contribution in [2.24, 2.45) is 0 Å². The molecule has 3 aromatic heterocycles. The molecule has 6 aromatic rings. The molecule has 1 fully saturated rings. The fourth-order valence-electron chi connectivity index (χ4n) is 6.33. The van der Waals surface area contributed by atoms with Crippen LogP contribution in [0.1, 0.15) is 54.4 Å². The van der Waals surface area contributed by atoms with Gasteiger partial charge in [0.15, 0.2) is 0 Å². The highest BCUT2D eigenvalue weighted by Crippen LogP contribution is 2.32. The molecule has 3 aromatic carbocycles. The predicted octanol–water partition coefficient (Wildman–Crippen LogP) is 6.56. The highest BCUT2D eigenvalue weighted by molar-refractivity contribution is 7.19. The topological polar surface area (TPSA) is 90.4 Å². The van der Waals surface area contributed by atoms with Crippen molar-refractivity contribution in [2.75, 3.05) is 13.1 Å². The molecule has 8 rings (SSSR count). The zero-order valence-corrected chi connectivity index (χ0v) is 25.0. The van der Waals surface area contributed by atoms with Gasteiger partial charge in [0.1, 0.15) is 16.0 Å². The van der Waals surface area contributed by atoms with Crippen LogP contribution in [0.4, 0.5) is 0 Å². The fourth-order valence-corrected chi connectivity index (χ4v) is 7.22. The second-order valence-corrected chi connectivity index (χ2v) is 12.5. The summed E-state index contributed by atoms with van der Waals surface area (Å²) in [5, 5.41) is 13.7. The van der Waals surface area contributed by atoms with Crippen molar-refractivity contribution in [3.63, 3.8) is 0 Å². The smallest absolute Gasteiger partial charge is 0.312 e. The number of para-hydroxylation sites is 1. The lowest BCUT2D eigenvalue weighted by Crippen LogP contribution is -2.39. The van der Waals surface area contributed by atoms with Crippen LogP contribution in [0.15, 0.2) is 85.1 Å². The van der Waals surface area contributed by atoms with E-state index in [-0.39, 0.29) is 0 Å². The minimum atomic E-state index is -0.517. The molecule has 220 valence electrons. The van der Waals surface area contributed by atoms with Gasteiger partial charge in [-0.05, 0) is 59.9 Å². The summed E-state index contributed by atoms with van der Waals surface area (Å²) in [6.07, 6.45) is 12.4. The minimum absolute atomic E-state index is 0.406. The van der Waals surface area contributed by atoms with Crippen molar-refractivity contribution in [3.05, 3.63) is 96.2 Å². The number of aromatic nitrogens is 6. The number of hydrogen-bond donors (Lipinski definition) is 0. The molecule has 1 aliphatic heterocycles. The van der Waals surface area contributed by atoms with Crippen molar-refractivity contribution in [2.45, 2.75) is 44.6 Å². The Morgan fingerprint density at radius 1 is 0.886 bits per heavy atom. The van der Waals surface area contributed by atoms with Gasteiger partial charge < -0.3 is 4.84 Å². The number of benzene rings is 3. The summed E-state index contributed by atoms with van der Waals surface area (Å²) in [5.74, 6) is -0.517. The Balaban J connectivity index is 0.929. The maximum absolute atomic E-state index is 12.7. The van der Waals surface area contributed by atoms with Crippen molar-refractivity contribution < 1.29 is 9.63 Å². The number of nitrogens with zero attached hydrogens (tertiary/aromatic N) is 7. The first-order chi connectivity index (χ1) is 21.7. The van der Waals surface area contributed by atoms with Gasteiger partial charge in [-0.15, -0.1) is 5.10 Å². The third kappa shape index (κ3) is 5.20. The van der Waals surface area contributed by atoms with Crippen LogP contribution in [-0.2, 0) is 0 Å². The van der Waals surface area contributed by atoms with E-state index >= 15 is 0 Å². The standard InChI is InChI=1S/C34H31N7O2S/c42-33(43-41-31-9-5-4-8-29(31)36-38-41)27-16-12-25(13-17-27)30-22-40-34(35-30)44-32(37-40)26-14-10-23(11-15-26)24-18-20-39(21-19-24)28-6-2-1-3-7-28/h4-5,8-18,22,28H,1-3,6-7,19-21H2. The van der Waals surface area contributed by atoms with Gasteiger partial charge in [-0.25, -0.2) is 14.3 Å². The van der Waals surface area contributed by atoms with Crippen LogP contribution in [-0.4, -0.2) is 59.8 Å². The van der Waals surface area contributed by atoms with Crippen LogP contribution in [0.3, 0.4) is 0 Å². The zero-order valence-electron chi connectivity index (χ0n) is 24.2. The third-order valence-electron chi connectivity index (χ3n) is 8.78. The van der Waals surface area contributed by atoms with Crippen molar-refractivity contribution >= 4 is 38.9 Å². The molecular formula is C34H31N7O2S. The highest BCUT2D eigenvalue weighted by Gasteiger charge is 2.23. The molecule has 0 unspecified atom stereocenters. The Hall–Kier alpha value is -4.67. The second-order valence-electron chi connectivity index (χ2n) is 11.5. The van der Waals surface area contributed by atoms with Gasteiger partial charge >= 0.3 is 5.97 Å². The van der Waals surface area contributed by atoms with E-state index in [0.29, 0.717) is 16.6 Å². The number of hydrogen-bond acceptors (Lipinski definition) is 8. The molecule has 2 aliphatic rings. The maximum Gasteiger partial charge on any atom is 0.365 e. The lowest BCUT2D eigenvalue weighted by atomic mass is 9.92. The quantitative estimate of drug-likeness (QED) is 0.200. The molecule has 10 heteroatoms. The van der Waals surface area contributed by atoms with E-state index in [1.807, 2.05) is 41.0 Å². The largest absolute Gasteiger partial charge is 0.365 e. The summed E-state index contributed by atoms with van der Waals surface area (Å²) >= 11 is 1.56. The first-order valence-electron chi connectivity index (χ1n) is 15.2. The molecule has 0 N–H and O–H groups in total. The van der Waals surface area contributed by atoms with Crippen molar-refractivity contribution in [3.8, 4) is 21.8 Å². The van der Waals surface area contributed by atoms with Gasteiger partial charge in [0.05, 0.1) is 17.5 Å². The molecular weight excluding hydrogens is 570 g/mol. The molecule has 0 bridgehead atoms. The van der Waals surface area contributed by atoms with Gasteiger partial charge in [-0.3, -0.25) is 4.90 Å². The third-order valence-corrected chi connectivity index (χ3v) is 9.76. The molecule has 0 atom stereocenters. The average Bonchev–Trinajstić information content (AvgIpc) is 3.80. The average molecular weight is 602 g/mol. The molecule has 0 radical (unpaired) electrons. The Morgan fingerprint density at radius 3 is 2.43 bits per heavy atom. The summed E-state index contributed by atoms with van der Waals surface area (Å²) in [7, 11) is 0. The molecule has 1 saturated carbocycles. The molecule has 1 aliphatic carbocycles. The van der Waals surface area contributed by atoms with Crippen LogP contribution >= 0.6 is 11.3 Å². The van der Waals surface area contributed by atoms with E-state index in [0.717, 1.165) is 57.2 Å². The Kier molecular flexibility index (Phi) is 7.00. The summed E-state index contributed by atoms with van der Waals surface area (Å²) in [5.41, 5.74) is 7.22. The Labute approximate surface area is 258 Å². The van der Waals surface area contributed by atoms with Crippen LogP contribution < -0.4 is 4.84 Å². The van der Waals surface area contributed by atoms with Gasteiger partial charge in [-0.1, -0.05) is 90.1 Å². The van der Waals surface area contributed by atoms with Crippen LogP contribution in [0, 0.1) is 0 Å². The lowest BCUT2D eigenvalue weighted by molar-refractivity contribution is 0.0409. The van der Waals surface area contributed by atoms with E-state index in [1.165, 1.54) is 43.2 Å². The molecule has 0 spiro atoms. The summed E-state index contributed by atoms with van der Waals surface area (Å²) in [4.78, 5) is 27.6. The predicted molar refractivity (Wildman–Crippen MR) is 171 cm³/mol. The van der Waals surface area contributed by atoms with Crippen LogP contribution in [0.2, 0.25) is 0 Å². The molecule has 9 nitrogen and oxygen atoms in total. The molecule has 4 heterocycles. The number of fused-ring (bicyclic) bond motifs is 2. The normalized spacial score (nSPS) is 16.4. The van der Waals surface area contributed by atoms with Crippen LogP contribution in [0.5, 0.6) is 0 Å². The molecule has 0 saturated heterocycles. The molecule has 44 heavy (non-hydrogen) atoms. The monoisotopic (exact) mass is 601 g/mol. The van der Waals surface area contributed by atoms with E-state index in [1.54, 1.807) is 29.5 Å². The second kappa shape index (κ2) is 11.4. The van der Waals surface area contributed by atoms with E-state index in [4.69, 9.17) is 14.9 Å². The van der Waals surface area contributed by atoms with Crippen LogP contribution in [0.25, 0.3) is 43.4 Å². The number of imidazole rings is 1. The summed E-state index contributed by atoms with van der Waals surface area (Å²) < 4.78 is 1.82. The molecule has 0 amide bonds. The van der Waals surface area contributed by atoms with Gasteiger partial charge in [0.25, 0.3) is 0 Å². The SMILES string of the molecule is O=C(On1nnc2ccccc21)c1ccc(-c2cn3nc(-c4ccc(C5=CCN(C6CCCCC6)CC5)cc4)sc3n2)cc1. The van der Waals surface area contributed by atoms with E-state index < -0.39 is 5.97 Å². The summed E-state index contributed by atoms with van der Waals surface area (Å²) in [6.45, 7) is 2.23. The van der Waals surface area contributed by atoms with Gasteiger partial charge in [0, 0.05) is 30.3 Å². The fraction of sp³-hybridized carbons (Fsp3) is 0.265. The van der Waals surface area contributed by atoms with Gasteiger partial charge in [-0.2, -0.15) is 5.10 Å². The summed E-state index contributed by atoms with van der Waals surface area (Å²) in [6, 6.07) is 24.0. The van der Waals surface area contributed by atoms with Crippen molar-refractivity contribution in [1.29, 1.82) is 0 Å². The lowest BCUT2D eigenvalue weighted by Gasteiger charge is -2.36. The maximum atomic E-state index is 12.7. The van der Waals surface area contributed by atoms with Gasteiger partial charge in [0.2, 0.25) is 4.96 Å². The Morgan fingerprint density at radius 2 is 1.66 bits per heavy atom. The van der Waals surface area contributed by atoms with E-state index in [9.17, 15) is 4.79 Å². The first kappa shape index (κ1) is 26.9. The van der Waals surface area contributed by atoms with E-state index in [2.05, 4.69) is 45.6 Å². The zero-order chi connectivity index (χ0) is 29.5.